The van der Waals surface area contributed by atoms with Gasteiger partial charge < -0.3 is 25.0 Å². The van der Waals surface area contributed by atoms with Crippen LogP contribution in [0.25, 0.3) is 0 Å². The van der Waals surface area contributed by atoms with Crippen molar-refractivity contribution in [3.05, 3.63) is 29.8 Å². The van der Waals surface area contributed by atoms with E-state index >= 15 is 0 Å². The third-order valence-corrected chi connectivity index (χ3v) is 4.19. The lowest BCUT2D eigenvalue weighted by molar-refractivity contribution is -0.127. The highest BCUT2D eigenvalue weighted by atomic mass is 127. The molecule has 1 fully saturated rings. The molecular weight excluding hydrogens is 497 g/mol. The van der Waals surface area contributed by atoms with Crippen LogP contribution in [-0.2, 0) is 9.53 Å². The van der Waals surface area contributed by atoms with Gasteiger partial charge in [-0.15, -0.1) is 24.0 Å². The van der Waals surface area contributed by atoms with Crippen molar-refractivity contribution < 1.29 is 23.0 Å². The van der Waals surface area contributed by atoms with E-state index in [1.165, 1.54) is 11.0 Å². The number of amides is 1. The Balaban J connectivity index is 0.00000420. The summed E-state index contributed by atoms with van der Waals surface area (Å²) in [4.78, 5) is 17.5. The molecule has 7 nitrogen and oxygen atoms in total. The van der Waals surface area contributed by atoms with Crippen LogP contribution in [0.15, 0.2) is 23.2 Å². The van der Waals surface area contributed by atoms with Crippen molar-refractivity contribution in [3.8, 4) is 5.75 Å². The van der Waals surface area contributed by atoms with Crippen molar-refractivity contribution in [3.63, 3.8) is 0 Å². The minimum Gasteiger partial charge on any atom is -0.489 e. The molecule has 10 heteroatoms. The zero-order valence-corrected chi connectivity index (χ0v) is 19.1. The largest absolute Gasteiger partial charge is 0.489 e. The average molecular weight is 526 g/mol. The third kappa shape index (κ3) is 9.57. The summed E-state index contributed by atoms with van der Waals surface area (Å²) in [5, 5.41) is 6.21. The number of hydrogen-bond acceptors (Lipinski definition) is 4. The quantitative estimate of drug-likeness (QED) is 0.235. The Kier molecular flexibility index (Phi) is 11.8. The van der Waals surface area contributed by atoms with Crippen LogP contribution in [0, 0.1) is 11.6 Å². The second-order valence-electron chi connectivity index (χ2n) is 6.67. The van der Waals surface area contributed by atoms with Crippen molar-refractivity contribution in [2.75, 3.05) is 46.9 Å². The van der Waals surface area contributed by atoms with E-state index in [2.05, 4.69) is 15.6 Å². The van der Waals surface area contributed by atoms with Crippen molar-refractivity contribution in [2.24, 2.45) is 4.99 Å². The van der Waals surface area contributed by atoms with Crippen molar-refractivity contribution >= 4 is 35.8 Å². The Bertz CT molecular complexity index is 671. The number of rotatable bonds is 8. The number of carbonyl (C=O) groups excluding carboxylic acids is 1. The van der Waals surface area contributed by atoms with Crippen LogP contribution < -0.4 is 15.4 Å². The van der Waals surface area contributed by atoms with E-state index in [1.54, 1.807) is 14.1 Å². The van der Waals surface area contributed by atoms with Crippen molar-refractivity contribution in [2.45, 2.75) is 25.4 Å². The van der Waals surface area contributed by atoms with Gasteiger partial charge in [-0.25, -0.2) is 13.8 Å². The van der Waals surface area contributed by atoms with Gasteiger partial charge >= 0.3 is 0 Å². The summed E-state index contributed by atoms with van der Waals surface area (Å²) in [7, 11) is 3.33. The van der Waals surface area contributed by atoms with Gasteiger partial charge in [0.1, 0.15) is 19.0 Å². The first-order valence-corrected chi connectivity index (χ1v) is 9.37. The van der Waals surface area contributed by atoms with Crippen LogP contribution in [0.5, 0.6) is 5.75 Å². The van der Waals surface area contributed by atoms with Gasteiger partial charge in [0.15, 0.2) is 17.5 Å². The lowest BCUT2D eigenvalue weighted by atomic mass is 10.1. The first kappa shape index (κ1) is 25.3. The number of likely N-dealkylation sites (N-methyl/N-ethyl adjacent to an activating group) is 1. The van der Waals surface area contributed by atoms with Crippen LogP contribution in [0.1, 0.15) is 19.3 Å². The molecule has 1 aliphatic rings. The highest BCUT2D eigenvalue weighted by molar-refractivity contribution is 14.0. The molecule has 164 valence electrons. The monoisotopic (exact) mass is 526 g/mol. The normalized spacial score (nSPS) is 16.6. The molecule has 2 N–H and O–H groups in total. The Morgan fingerprint density at radius 3 is 2.76 bits per heavy atom. The minimum absolute atomic E-state index is 0. The number of ether oxygens (including phenoxy) is 2. The fourth-order valence-electron chi connectivity index (χ4n) is 2.56. The number of halogens is 3. The molecule has 1 heterocycles. The number of nitrogens with one attached hydrogen (secondary N) is 2. The summed E-state index contributed by atoms with van der Waals surface area (Å²) >= 11 is 0. The molecule has 0 aliphatic carbocycles. The van der Waals surface area contributed by atoms with Gasteiger partial charge in [0.05, 0.1) is 12.6 Å². The lowest BCUT2D eigenvalue weighted by Crippen LogP contribution is -2.44. The zero-order valence-electron chi connectivity index (χ0n) is 16.7. The van der Waals surface area contributed by atoms with Crippen LogP contribution in [0.4, 0.5) is 8.78 Å². The molecule has 1 unspecified atom stereocenters. The fourth-order valence-corrected chi connectivity index (χ4v) is 2.56. The number of benzene rings is 1. The van der Waals surface area contributed by atoms with E-state index < -0.39 is 11.6 Å². The number of hydrogen-bond donors (Lipinski definition) is 2. The summed E-state index contributed by atoms with van der Waals surface area (Å²) in [5.74, 6) is -1.10. The van der Waals surface area contributed by atoms with Gasteiger partial charge in [-0.2, -0.15) is 0 Å². The Hall–Kier alpha value is -1.69. The highest BCUT2D eigenvalue weighted by Gasteiger charge is 2.14. The highest BCUT2D eigenvalue weighted by Crippen LogP contribution is 2.17. The topological polar surface area (TPSA) is 75.2 Å². The van der Waals surface area contributed by atoms with E-state index in [-0.39, 0.29) is 54.9 Å². The summed E-state index contributed by atoms with van der Waals surface area (Å²) in [5.41, 5.74) is 0. The Morgan fingerprint density at radius 1 is 1.31 bits per heavy atom. The van der Waals surface area contributed by atoms with Crippen LogP contribution in [0.2, 0.25) is 0 Å². The summed E-state index contributed by atoms with van der Waals surface area (Å²) in [6, 6.07) is 3.15. The molecule has 0 aromatic heterocycles. The van der Waals surface area contributed by atoms with Gasteiger partial charge in [0.2, 0.25) is 5.91 Å². The van der Waals surface area contributed by atoms with Crippen LogP contribution in [0.3, 0.4) is 0 Å². The van der Waals surface area contributed by atoms with Gasteiger partial charge in [0.25, 0.3) is 0 Å². The molecule has 1 aromatic carbocycles. The third-order valence-electron chi connectivity index (χ3n) is 4.19. The van der Waals surface area contributed by atoms with Gasteiger partial charge in [0, 0.05) is 33.3 Å². The standard InChI is InChI=1S/C19H28F2N4O3.HI/c1-25(2)18(26)13-24-19(23-12-15-5-3-4-9-27-15)22-8-10-28-17-7-6-14(20)11-16(17)21;/h6-7,11,15H,3-5,8-10,12-13H2,1-2H3,(H2,22,23,24);1H. The lowest BCUT2D eigenvalue weighted by Gasteiger charge is -2.24. The summed E-state index contributed by atoms with van der Waals surface area (Å²) in [6.45, 7) is 1.80. The predicted octanol–water partition coefficient (Wildman–Crippen LogP) is 2.15. The maximum absolute atomic E-state index is 13.6. The van der Waals surface area contributed by atoms with Gasteiger partial charge in [-0.05, 0) is 31.4 Å². The number of aliphatic imine (C=N–C) groups is 1. The molecule has 2 rings (SSSR count). The number of guanidine groups is 1. The molecule has 0 radical (unpaired) electrons. The second-order valence-corrected chi connectivity index (χ2v) is 6.67. The molecule has 0 spiro atoms. The van der Waals surface area contributed by atoms with Gasteiger partial charge in [-0.3, -0.25) is 4.79 Å². The van der Waals surface area contributed by atoms with Crippen molar-refractivity contribution in [1.29, 1.82) is 0 Å². The molecule has 0 bridgehead atoms. The molecule has 1 aromatic rings. The average Bonchev–Trinajstić information content (AvgIpc) is 2.68. The Morgan fingerprint density at radius 2 is 2.10 bits per heavy atom. The minimum atomic E-state index is -0.752. The first-order chi connectivity index (χ1) is 13.5. The molecule has 29 heavy (non-hydrogen) atoms. The van der Waals surface area contributed by atoms with E-state index in [4.69, 9.17) is 9.47 Å². The molecule has 1 saturated heterocycles. The first-order valence-electron chi connectivity index (χ1n) is 9.37. The van der Waals surface area contributed by atoms with E-state index in [0.717, 1.165) is 38.0 Å². The molecule has 1 aliphatic heterocycles. The predicted molar refractivity (Wildman–Crippen MR) is 118 cm³/mol. The van der Waals surface area contributed by atoms with Crippen LogP contribution >= 0.6 is 24.0 Å². The smallest absolute Gasteiger partial charge is 0.243 e. The maximum Gasteiger partial charge on any atom is 0.243 e. The van der Waals surface area contributed by atoms with E-state index in [1.807, 2.05) is 0 Å². The summed E-state index contributed by atoms with van der Waals surface area (Å²) < 4.78 is 37.5. The fraction of sp³-hybridized carbons (Fsp3) is 0.579. The summed E-state index contributed by atoms with van der Waals surface area (Å²) in [6.07, 6.45) is 3.28. The van der Waals surface area contributed by atoms with E-state index in [0.29, 0.717) is 19.0 Å². The van der Waals surface area contributed by atoms with Crippen LogP contribution in [-0.4, -0.2) is 69.8 Å². The molecule has 1 atom stereocenters. The SMILES string of the molecule is CN(C)C(=O)CN=C(NCCOc1ccc(F)cc1F)NCC1CCCCO1.I. The molecule has 1 amide bonds. The molecule has 0 saturated carbocycles. The van der Waals surface area contributed by atoms with Gasteiger partial charge in [-0.1, -0.05) is 0 Å². The van der Waals surface area contributed by atoms with Crippen molar-refractivity contribution in [1.82, 2.24) is 15.5 Å². The number of carbonyl (C=O) groups is 1. The number of nitrogens with zero attached hydrogens (tertiary/aromatic N) is 2. The molecular formula is C19H29F2IN4O3. The second kappa shape index (κ2) is 13.5. The Labute approximate surface area is 187 Å². The van der Waals surface area contributed by atoms with E-state index in [9.17, 15) is 13.6 Å². The zero-order chi connectivity index (χ0) is 20.4. The maximum atomic E-state index is 13.6.